The molecule has 2 amide bonds. The SMILES string of the molecule is Cc1cc(NC(=O)CNC(=O)c2ccccc2C)ccc1Br. The molecule has 2 aromatic rings. The van der Waals surface area contributed by atoms with Crippen LogP contribution in [0.3, 0.4) is 0 Å². The van der Waals surface area contributed by atoms with Gasteiger partial charge in [-0.05, 0) is 49.2 Å². The Morgan fingerprint density at radius 2 is 1.77 bits per heavy atom. The number of aryl methyl sites for hydroxylation is 2. The van der Waals surface area contributed by atoms with Gasteiger partial charge < -0.3 is 10.6 Å². The normalized spacial score (nSPS) is 10.1. The van der Waals surface area contributed by atoms with E-state index in [2.05, 4.69) is 26.6 Å². The molecule has 0 fully saturated rings. The van der Waals surface area contributed by atoms with E-state index in [1.807, 2.05) is 38.1 Å². The number of amides is 2. The first-order valence-corrected chi connectivity index (χ1v) is 7.66. The van der Waals surface area contributed by atoms with Gasteiger partial charge in [0.2, 0.25) is 5.91 Å². The first kappa shape index (κ1) is 16.2. The summed E-state index contributed by atoms with van der Waals surface area (Å²) in [5.74, 6) is -0.510. The van der Waals surface area contributed by atoms with Gasteiger partial charge in [-0.2, -0.15) is 0 Å². The second kappa shape index (κ2) is 7.22. The van der Waals surface area contributed by atoms with E-state index >= 15 is 0 Å². The number of anilines is 1. The zero-order chi connectivity index (χ0) is 16.1. The molecule has 0 spiro atoms. The third kappa shape index (κ3) is 4.18. The highest BCUT2D eigenvalue weighted by Crippen LogP contribution is 2.19. The first-order chi connectivity index (χ1) is 10.5. The molecular weight excluding hydrogens is 344 g/mol. The maximum Gasteiger partial charge on any atom is 0.251 e. The van der Waals surface area contributed by atoms with Gasteiger partial charge in [0, 0.05) is 15.7 Å². The number of hydrogen-bond acceptors (Lipinski definition) is 2. The molecule has 2 aromatic carbocycles. The van der Waals surface area contributed by atoms with Gasteiger partial charge in [0.15, 0.2) is 0 Å². The summed E-state index contributed by atoms with van der Waals surface area (Å²) < 4.78 is 0.985. The fourth-order valence-electron chi connectivity index (χ4n) is 2.01. The lowest BCUT2D eigenvalue weighted by molar-refractivity contribution is -0.115. The van der Waals surface area contributed by atoms with Crippen molar-refractivity contribution in [3.8, 4) is 0 Å². The number of hydrogen-bond donors (Lipinski definition) is 2. The lowest BCUT2D eigenvalue weighted by Crippen LogP contribution is -2.33. The van der Waals surface area contributed by atoms with E-state index in [-0.39, 0.29) is 18.4 Å². The molecule has 22 heavy (non-hydrogen) atoms. The van der Waals surface area contributed by atoms with E-state index in [1.165, 1.54) is 0 Å². The van der Waals surface area contributed by atoms with Crippen LogP contribution >= 0.6 is 15.9 Å². The lowest BCUT2D eigenvalue weighted by Gasteiger charge is -2.09. The third-order valence-corrected chi connectivity index (χ3v) is 4.13. The third-order valence-electron chi connectivity index (χ3n) is 3.24. The van der Waals surface area contributed by atoms with Crippen LogP contribution in [0.4, 0.5) is 5.69 Å². The molecule has 2 rings (SSSR count). The van der Waals surface area contributed by atoms with Gasteiger partial charge in [-0.3, -0.25) is 9.59 Å². The van der Waals surface area contributed by atoms with Crippen molar-refractivity contribution in [3.05, 3.63) is 63.6 Å². The molecule has 0 aliphatic carbocycles. The fraction of sp³-hybridized carbons (Fsp3) is 0.176. The molecule has 0 unspecified atom stereocenters. The van der Waals surface area contributed by atoms with Crippen LogP contribution < -0.4 is 10.6 Å². The van der Waals surface area contributed by atoms with Crippen molar-refractivity contribution in [2.45, 2.75) is 13.8 Å². The zero-order valence-corrected chi connectivity index (χ0v) is 14.0. The smallest absolute Gasteiger partial charge is 0.251 e. The van der Waals surface area contributed by atoms with E-state index in [4.69, 9.17) is 0 Å². The molecule has 0 saturated carbocycles. The molecule has 0 aliphatic heterocycles. The highest BCUT2D eigenvalue weighted by Gasteiger charge is 2.10. The van der Waals surface area contributed by atoms with Gasteiger partial charge in [0.05, 0.1) is 6.54 Å². The highest BCUT2D eigenvalue weighted by molar-refractivity contribution is 9.10. The van der Waals surface area contributed by atoms with Crippen LogP contribution in [0, 0.1) is 13.8 Å². The average molecular weight is 361 g/mol. The van der Waals surface area contributed by atoms with Crippen molar-refractivity contribution in [2.75, 3.05) is 11.9 Å². The van der Waals surface area contributed by atoms with Crippen molar-refractivity contribution in [1.82, 2.24) is 5.32 Å². The van der Waals surface area contributed by atoms with Gasteiger partial charge in [-0.25, -0.2) is 0 Å². The monoisotopic (exact) mass is 360 g/mol. The zero-order valence-electron chi connectivity index (χ0n) is 12.4. The summed E-state index contributed by atoms with van der Waals surface area (Å²) in [6, 6.07) is 12.8. The molecule has 0 radical (unpaired) electrons. The Morgan fingerprint density at radius 1 is 1.05 bits per heavy atom. The summed E-state index contributed by atoms with van der Waals surface area (Å²) in [5, 5.41) is 5.38. The minimum atomic E-state index is -0.261. The average Bonchev–Trinajstić information content (AvgIpc) is 2.49. The molecule has 2 N–H and O–H groups in total. The van der Waals surface area contributed by atoms with Crippen LogP contribution in [-0.4, -0.2) is 18.4 Å². The van der Waals surface area contributed by atoms with Gasteiger partial charge in [-0.15, -0.1) is 0 Å². The van der Waals surface area contributed by atoms with Gasteiger partial charge in [0.25, 0.3) is 5.91 Å². The van der Waals surface area contributed by atoms with Gasteiger partial charge >= 0.3 is 0 Å². The maximum absolute atomic E-state index is 12.0. The van der Waals surface area contributed by atoms with Crippen LogP contribution in [0.2, 0.25) is 0 Å². The Morgan fingerprint density at radius 3 is 2.45 bits per heavy atom. The fourth-order valence-corrected chi connectivity index (χ4v) is 2.26. The summed E-state index contributed by atoms with van der Waals surface area (Å²) in [4.78, 5) is 23.9. The number of carbonyl (C=O) groups is 2. The standard InChI is InChI=1S/C17H17BrN2O2/c1-11-5-3-4-6-14(11)17(22)19-10-16(21)20-13-7-8-15(18)12(2)9-13/h3-9H,10H2,1-2H3,(H,19,22)(H,20,21). The predicted molar refractivity (Wildman–Crippen MR) is 91.0 cm³/mol. The largest absolute Gasteiger partial charge is 0.343 e. The minimum absolute atomic E-state index is 0.0672. The van der Waals surface area contributed by atoms with Crippen LogP contribution in [0.1, 0.15) is 21.5 Å². The number of rotatable bonds is 4. The van der Waals surface area contributed by atoms with E-state index in [0.717, 1.165) is 15.6 Å². The maximum atomic E-state index is 12.0. The quantitative estimate of drug-likeness (QED) is 0.877. The summed E-state index contributed by atoms with van der Waals surface area (Å²) in [6.07, 6.45) is 0. The molecule has 0 aromatic heterocycles. The van der Waals surface area contributed by atoms with Crippen molar-refractivity contribution >= 4 is 33.4 Å². The number of carbonyl (C=O) groups excluding carboxylic acids is 2. The summed E-state index contributed by atoms with van der Waals surface area (Å²) in [6.45, 7) is 3.74. The summed E-state index contributed by atoms with van der Waals surface area (Å²) in [5.41, 5.74) is 3.19. The van der Waals surface area contributed by atoms with Crippen molar-refractivity contribution in [1.29, 1.82) is 0 Å². The first-order valence-electron chi connectivity index (χ1n) is 6.87. The summed E-state index contributed by atoms with van der Waals surface area (Å²) in [7, 11) is 0. The lowest BCUT2D eigenvalue weighted by atomic mass is 10.1. The Kier molecular flexibility index (Phi) is 5.33. The Balaban J connectivity index is 1.91. The molecule has 4 nitrogen and oxygen atoms in total. The molecular formula is C17H17BrN2O2. The topological polar surface area (TPSA) is 58.2 Å². The van der Waals surface area contributed by atoms with E-state index in [9.17, 15) is 9.59 Å². The van der Waals surface area contributed by atoms with E-state index in [0.29, 0.717) is 11.3 Å². The molecule has 114 valence electrons. The van der Waals surface area contributed by atoms with Crippen LogP contribution in [0.25, 0.3) is 0 Å². The Bertz CT molecular complexity index is 714. The van der Waals surface area contributed by atoms with E-state index < -0.39 is 0 Å². The molecule has 0 aliphatic rings. The Labute approximate surface area is 138 Å². The molecule has 0 atom stereocenters. The predicted octanol–water partition coefficient (Wildman–Crippen LogP) is 3.43. The van der Waals surface area contributed by atoms with Crippen LogP contribution in [-0.2, 0) is 4.79 Å². The highest BCUT2D eigenvalue weighted by atomic mass is 79.9. The van der Waals surface area contributed by atoms with Crippen LogP contribution in [0.15, 0.2) is 46.9 Å². The molecule has 0 saturated heterocycles. The summed E-state index contributed by atoms with van der Waals surface area (Å²) >= 11 is 3.41. The van der Waals surface area contributed by atoms with Crippen LogP contribution in [0.5, 0.6) is 0 Å². The second-order valence-corrected chi connectivity index (χ2v) is 5.86. The molecule has 5 heteroatoms. The van der Waals surface area contributed by atoms with Crippen molar-refractivity contribution < 1.29 is 9.59 Å². The number of nitrogens with one attached hydrogen (secondary N) is 2. The second-order valence-electron chi connectivity index (χ2n) is 5.01. The van der Waals surface area contributed by atoms with E-state index in [1.54, 1.807) is 18.2 Å². The minimum Gasteiger partial charge on any atom is -0.343 e. The van der Waals surface area contributed by atoms with Crippen molar-refractivity contribution in [2.24, 2.45) is 0 Å². The van der Waals surface area contributed by atoms with Gasteiger partial charge in [-0.1, -0.05) is 34.1 Å². The Hall–Kier alpha value is -2.14. The number of halogens is 1. The molecule has 0 bridgehead atoms. The van der Waals surface area contributed by atoms with Crippen molar-refractivity contribution in [3.63, 3.8) is 0 Å². The van der Waals surface area contributed by atoms with Gasteiger partial charge in [0.1, 0.15) is 0 Å². The number of benzene rings is 2. The molecule has 0 heterocycles.